The summed E-state index contributed by atoms with van der Waals surface area (Å²) in [5.74, 6) is -0.0668. The molecule has 0 atom stereocenters. The van der Waals surface area contributed by atoms with Gasteiger partial charge in [-0.2, -0.15) is 0 Å². The van der Waals surface area contributed by atoms with Crippen molar-refractivity contribution in [1.29, 1.82) is 0 Å². The van der Waals surface area contributed by atoms with E-state index in [2.05, 4.69) is 4.98 Å². The van der Waals surface area contributed by atoms with Gasteiger partial charge in [-0.3, -0.25) is 4.79 Å². The number of ketones is 1. The molecule has 0 amide bonds. The van der Waals surface area contributed by atoms with Crippen molar-refractivity contribution in [3.05, 3.63) is 53.4 Å². The largest absolute Gasteiger partial charge is 0.328 e. The number of halogens is 1. The third-order valence-electron chi connectivity index (χ3n) is 2.80. The predicted octanol–water partition coefficient (Wildman–Crippen LogP) is 2.97. The van der Waals surface area contributed by atoms with Gasteiger partial charge in [0.15, 0.2) is 5.82 Å². The van der Waals surface area contributed by atoms with Crippen LogP contribution in [0.4, 0.5) is 4.39 Å². The average molecular weight is 246 g/mol. The second-order valence-electron chi connectivity index (χ2n) is 4.24. The number of hydrogen-bond donors (Lipinski definition) is 0. The van der Waals surface area contributed by atoms with E-state index < -0.39 is 0 Å². The molecule has 0 aliphatic carbocycles. The van der Waals surface area contributed by atoms with E-state index in [-0.39, 0.29) is 11.6 Å². The Morgan fingerprint density at radius 3 is 2.89 bits per heavy atom. The molecule has 0 aliphatic heterocycles. The zero-order valence-electron chi connectivity index (χ0n) is 10.5. The van der Waals surface area contributed by atoms with E-state index in [1.165, 1.54) is 12.1 Å². The van der Waals surface area contributed by atoms with Gasteiger partial charge in [-0.25, -0.2) is 9.37 Å². The van der Waals surface area contributed by atoms with Gasteiger partial charge in [0, 0.05) is 24.5 Å². The molecule has 0 fully saturated rings. The highest BCUT2D eigenvalue weighted by atomic mass is 19.1. The molecule has 1 aromatic heterocycles. The molecule has 0 N–H and O–H groups in total. The summed E-state index contributed by atoms with van der Waals surface area (Å²) in [6.07, 6.45) is 4.32. The number of carbonyl (C=O) groups excluding carboxylic acids is 1. The summed E-state index contributed by atoms with van der Waals surface area (Å²) >= 11 is 0. The van der Waals surface area contributed by atoms with Gasteiger partial charge < -0.3 is 4.57 Å². The second-order valence-corrected chi connectivity index (χ2v) is 4.24. The van der Waals surface area contributed by atoms with Crippen LogP contribution in [0.25, 0.3) is 0 Å². The molecular weight excluding hydrogens is 231 g/mol. The quantitative estimate of drug-likeness (QED) is 0.777. The van der Waals surface area contributed by atoms with Crippen molar-refractivity contribution < 1.29 is 9.18 Å². The summed E-state index contributed by atoms with van der Waals surface area (Å²) < 4.78 is 15.0. The van der Waals surface area contributed by atoms with E-state index in [4.69, 9.17) is 0 Å². The van der Waals surface area contributed by atoms with Crippen LogP contribution in [-0.4, -0.2) is 15.3 Å². The minimum Gasteiger partial charge on any atom is -0.328 e. The Balaban J connectivity index is 2.35. The fraction of sp³-hybridized carbons (Fsp3) is 0.286. The Labute approximate surface area is 105 Å². The lowest BCUT2D eigenvalue weighted by molar-refractivity contribution is 0.102. The van der Waals surface area contributed by atoms with Crippen molar-refractivity contribution in [2.75, 3.05) is 0 Å². The number of benzene rings is 1. The fourth-order valence-corrected chi connectivity index (χ4v) is 1.85. The number of nitrogens with zero attached hydrogens (tertiary/aromatic N) is 2. The van der Waals surface area contributed by atoms with Crippen molar-refractivity contribution in [3.8, 4) is 0 Å². The molecule has 1 aromatic carbocycles. The molecule has 2 aromatic rings. The lowest BCUT2D eigenvalue weighted by Gasteiger charge is -2.06. The Bertz CT molecular complexity index is 575. The summed E-state index contributed by atoms with van der Waals surface area (Å²) in [5, 5.41) is 0. The predicted molar refractivity (Wildman–Crippen MR) is 67.1 cm³/mol. The molecule has 4 heteroatoms. The van der Waals surface area contributed by atoms with Crippen LogP contribution in [0.2, 0.25) is 0 Å². The van der Waals surface area contributed by atoms with Gasteiger partial charge in [0.1, 0.15) is 5.82 Å². The first-order valence-corrected chi connectivity index (χ1v) is 5.95. The van der Waals surface area contributed by atoms with Crippen molar-refractivity contribution in [2.24, 2.45) is 0 Å². The van der Waals surface area contributed by atoms with E-state index in [0.29, 0.717) is 17.0 Å². The summed E-state index contributed by atoms with van der Waals surface area (Å²) in [6.45, 7) is 4.43. The molecule has 1 heterocycles. The van der Waals surface area contributed by atoms with Gasteiger partial charge >= 0.3 is 0 Å². The molecule has 18 heavy (non-hydrogen) atoms. The van der Waals surface area contributed by atoms with Crippen molar-refractivity contribution in [3.63, 3.8) is 0 Å². The maximum absolute atomic E-state index is 13.2. The highest BCUT2D eigenvalue weighted by molar-refractivity contribution is 6.06. The van der Waals surface area contributed by atoms with Crippen LogP contribution in [0.3, 0.4) is 0 Å². The number of aromatic nitrogens is 2. The SMILES string of the molecule is CCCn1ccnc1C(=O)c1ccc(F)c(C)c1. The number of imidazole rings is 1. The second kappa shape index (κ2) is 5.12. The molecule has 0 radical (unpaired) electrons. The number of hydrogen-bond acceptors (Lipinski definition) is 2. The first-order chi connectivity index (χ1) is 8.63. The van der Waals surface area contributed by atoms with Crippen LogP contribution in [0.1, 0.15) is 35.1 Å². The van der Waals surface area contributed by atoms with E-state index in [0.717, 1.165) is 13.0 Å². The van der Waals surface area contributed by atoms with Gasteiger partial charge in [-0.1, -0.05) is 6.92 Å². The van der Waals surface area contributed by atoms with E-state index in [9.17, 15) is 9.18 Å². The summed E-state index contributed by atoms with van der Waals surface area (Å²) in [5.41, 5.74) is 0.937. The van der Waals surface area contributed by atoms with Gasteiger partial charge in [0.05, 0.1) is 0 Å². The van der Waals surface area contributed by atoms with Gasteiger partial charge in [0.2, 0.25) is 5.78 Å². The monoisotopic (exact) mass is 246 g/mol. The Morgan fingerprint density at radius 1 is 1.44 bits per heavy atom. The summed E-state index contributed by atoms with van der Waals surface area (Å²) in [4.78, 5) is 16.3. The molecule has 0 saturated heterocycles. The van der Waals surface area contributed by atoms with E-state index >= 15 is 0 Å². The zero-order valence-corrected chi connectivity index (χ0v) is 10.5. The Kier molecular flexibility index (Phi) is 3.55. The van der Waals surface area contributed by atoms with Crippen LogP contribution in [0.5, 0.6) is 0 Å². The van der Waals surface area contributed by atoms with E-state index in [1.807, 2.05) is 11.5 Å². The summed E-state index contributed by atoms with van der Waals surface area (Å²) in [7, 11) is 0. The molecular formula is C14H15FN2O. The van der Waals surface area contributed by atoms with Crippen LogP contribution >= 0.6 is 0 Å². The van der Waals surface area contributed by atoms with Crippen LogP contribution in [0, 0.1) is 12.7 Å². The van der Waals surface area contributed by atoms with Gasteiger partial charge in [-0.05, 0) is 37.1 Å². The van der Waals surface area contributed by atoms with Crippen LogP contribution in [-0.2, 0) is 6.54 Å². The zero-order chi connectivity index (χ0) is 13.1. The Morgan fingerprint density at radius 2 is 2.22 bits per heavy atom. The third-order valence-corrected chi connectivity index (χ3v) is 2.80. The molecule has 0 unspecified atom stereocenters. The van der Waals surface area contributed by atoms with Crippen LogP contribution < -0.4 is 0 Å². The molecule has 94 valence electrons. The topological polar surface area (TPSA) is 34.9 Å². The average Bonchev–Trinajstić information content (AvgIpc) is 2.80. The molecule has 0 spiro atoms. The normalized spacial score (nSPS) is 10.6. The molecule has 0 aliphatic rings. The van der Waals surface area contributed by atoms with E-state index in [1.54, 1.807) is 25.4 Å². The highest BCUT2D eigenvalue weighted by Gasteiger charge is 2.15. The summed E-state index contributed by atoms with van der Waals surface area (Å²) in [6, 6.07) is 4.37. The smallest absolute Gasteiger partial charge is 0.228 e. The molecule has 0 saturated carbocycles. The standard InChI is InChI=1S/C14H15FN2O/c1-3-7-17-8-6-16-14(17)13(18)11-4-5-12(15)10(2)9-11/h4-6,8-9H,3,7H2,1-2H3. The molecule has 3 nitrogen and oxygen atoms in total. The fourth-order valence-electron chi connectivity index (χ4n) is 1.85. The lowest BCUT2D eigenvalue weighted by Crippen LogP contribution is -2.11. The van der Waals surface area contributed by atoms with Crippen molar-refractivity contribution in [2.45, 2.75) is 26.8 Å². The minimum absolute atomic E-state index is 0.170. The highest BCUT2D eigenvalue weighted by Crippen LogP contribution is 2.13. The first kappa shape index (κ1) is 12.5. The molecule has 0 bridgehead atoms. The lowest BCUT2D eigenvalue weighted by atomic mass is 10.1. The number of carbonyl (C=O) groups is 1. The van der Waals surface area contributed by atoms with Crippen molar-refractivity contribution in [1.82, 2.24) is 9.55 Å². The first-order valence-electron chi connectivity index (χ1n) is 5.95. The Hall–Kier alpha value is -1.97. The molecule has 2 rings (SSSR count). The third kappa shape index (κ3) is 2.32. The number of rotatable bonds is 4. The minimum atomic E-state index is -0.302. The van der Waals surface area contributed by atoms with Crippen LogP contribution in [0.15, 0.2) is 30.6 Å². The van der Waals surface area contributed by atoms with Gasteiger partial charge in [0.25, 0.3) is 0 Å². The maximum atomic E-state index is 13.2. The van der Waals surface area contributed by atoms with Crippen molar-refractivity contribution >= 4 is 5.78 Å². The number of aryl methyl sites for hydroxylation is 2. The maximum Gasteiger partial charge on any atom is 0.228 e. The van der Waals surface area contributed by atoms with Gasteiger partial charge in [-0.15, -0.1) is 0 Å².